The number of piperidine rings is 1. The molecule has 0 aromatic carbocycles. The normalized spacial score (nSPS) is 21.5. The summed E-state index contributed by atoms with van der Waals surface area (Å²) in [6, 6.07) is 2.96. The van der Waals surface area contributed by atoms with Crippen LogP contribution in [-0.2, 0) is 17.8 Å². The Morgan fingerprint density at radius 3 is 2.70 bits per heavy atom. The van der Waals surface area contributed by atoms with Crippen LogP contribution in [0.4, 0.5) is 0 Å². The Balaban J connectivity index is 1.51. The van der Waals surface area contributed by atoms with Gasteiger partial charge in [-0.1, -0.05) is 0 Å². The Kier molecular flexibility index (Phi) is 4.44. The van der Waals surface area contributed by atoms with E-state index in [1.54, 1.807) is 0 Å². The quantitative estimate of drug-likeness (QED) is 0.867. The van der Waals surface area contributed by atoms with Crippen molar-refractivity contribution in [1.29, 1.82) is 0 Å². The van der Waals surface area contributed by atoms with E-state index in [9.17, 15) is 0 Å². The minimum absolute atomic E-state index is 0.454. The van der Waals surface area contributed by atoms with E-state index in [1.807, 2.05) is 7.11 Å². The Morgan fingerprint density at radius 2 is 2.05 bits per heavy atom. The molecular weight excluding hydrogens is 252 g/mol. The zero-order valence-electron chi connectivity index (χ0n) is 12.7. The van der Waals surface area contributed by atoms with Crippen LogP contribution in [0.3, 0.4) is 0 Å². The van der Waals surface area contributed by atoms with Crippen LogP contribution in [-0.4, -0.2) is 37.2 Å². The van der Waals surface area contributed by atoms with E-state index in [1.165, 1.54) is 18.4 Å². The van der Waals surface area contributed by atoms with E-state index < -0.39 is 0 Å². The summed E-state index contributed by atoms with van der Waals surface area (Å²) >= 11 is 0. The van der Waals surface area contributed by atoms with Gasteiger partial charge in [0.2, 0.25) is 0 Å². The van der Waals surface area contributed by atoms with E-state index in [0.29, 0.717) is 6.10 Å². The molecule has 1 aliphatic carbocycles. The number of hydrogen-bond acceptors (Lipinski definition) is 4. The van der Waals surface area contributed by atoms with Gasteiger partial charge in [-0.3, -0.25) is 4.90 Å². The predicted octanol–water partition coefficient (Wildman–Crippen LogP) is 2.45. The summed E-state index contributed by atoms with van der Waals surface area (Å²) in [6.07, 6.45) is 5.38. The highest BCUT2D eigenvalue weighted by Gasteiger charge is 2.22. The lowest BCUT2D eigenvalue weighted by Gasteiger charge is -2.30. The van der Waals surface area contributed by atoms with Crippen molar-refractivity contribution in [3.63, 3.8) is 0 Å². The van der Waals surface area contributed by atoms with Gasteiger partial charge in [0.1, 0.15) is 11.5 Å². The molecule has 2 fully saturated rings. The molecule has 20 heavy (non-hydrogen) atoms. The van der Waals surface area contributed by atoms with Crippen LogP contribution in [0.2, 0.25) is 0 Å². The number of hydrogen-bond donors (Lipinski definition) is 1. The second-order valence-corrected chi connectivity index (χ2v) is 6.16. The minimum atomic E-state index is 0.454. The standard InChI is InChI=1S/C16H26N2O2/c1-12-13(9-16(20-12)10-17-14-3-4-14)11-18-7-5-15(19-2)6-8-18/h9,14-15,17H,3-8,10-11H2,1-2H3. The highest BCUT2D eigenvalue weighted by atomic mass is 16.5. The lowest BCUT2D eigenvalue weighted by molar-refractivity contribution is 0.0387. The Bertz CT molecular complexity index is 432. The maximum absolute atomic E-state index is 5.86. The Hall–Kier alpha value is -0.840. The van der Waals surface area contributed by atoms with E-state index in [2.05, 4.69) is 23.2 Å². The van der Waals surface area contributed by atoms with E-state index in [0.717, 1.165) is 56.6 Å². The zero-order valence-corrected chi connectivity index (χ0v) is 12.7. The summed E-state index contributed by atoms with van der Waals surface area (Å²) in [4.78, 5) is 2.51. The number of rotatable bonds is 6. The molecule has 3 rings (SSSR count). The van der Waals surface area contributed by atoms with Crippen molar-refractivity contribution in [1.82, 2.24) is 10.2 Å². The third kappa shape index (κ3) is 3.62. The van der Waals surface area contributed by atoms with Crippen LogP contribution >= 0.6 is 0 Å². The fourth-order valence-corrected chi connectivity index (χ4v) is 2.91. The van der Waals surface area contributed by atoms with Crippen LogP contribution in [0.5, 0.6) is 0 Å². The number of likely N-dealkylation sites (tertiary alicyclic amines) is 1. The van der Waals surface area contributed by atoms with Gasteiger partial charge in [0.05, 0.1) is 12.6 Å². The van der Waals surface area contributed by atoms with Gasteiger partial charge < -0.3 is 14.5 Å². The number of nitrogens with zero attached hydrogens (tertiary/aromatic N) is 1. The molecule has 1 aromatic rings. The maximum Gasteiger partial charge on any atom is 0.118 e. The number of aryl methyl sites for hydroxylation is 1. The molecule has 0 unspecified atom stereocenters. The molecular formula is C16H26N2O2. The van der Waals surface area contributed by atoms with Crippen molar-refractivity contribution >= 4 is 0 Å². The predicted molar refractivity (Wildman–Crippen MR) is 78.6 cm³/mol. The van der Waals surface area contributed by atoms with Crippen LogP contribution < -0.4 is 5.32 Å². The lowest BCUT2D eigenvalue weighted by Crippen LogP contribution is -2.36. The third-order valence-corrected chi connectivity index (χ3v) is 4.48. The smallest absolute Gasteiger partial charge is 0.118 e. The number of furan rings is 1. The molecule has 0 spiro atoms. The van der Waals surface area contributed by atoms with Crippen molar-refractivity contribution in [3.05, 3.63) is 23.2 Å². The molecule has 0 radical (unpaired) electrons. The second-order valence-electron chi connectivity index (χ2n) is 6.16. The van der Waals surface area contributed by atoms with Gasteiger partial charge >= 0.3 is 0 Å². The summed E-state index contributed by atoms with van der Waals surface area (Å²) < 4.78 is 11.3. The van der Waals surface area contributed by atoms with Crippen molar-refractivity contribution in [3.8, 4) is 0 Å². The van der Waals surface area contributed by atoms with Gasteiger partial charge in [-0.05, 0) is 38.7 Å². The van der Waals surface area contributed by atoms with Gasteiger partial charge in [-0.2, -0.15) is 0 Å². The summed E-state index contributed by atoms with van der Waals surface area (Å²) in [5.41, 5.74) is 1.34. The maximum atomic E-state index is 5.86. The molecule has 2 heterocycles. The van der Waals surface area contributed by atoms with Gasteiger partial charge in [0, 0.05) is 38.3 Å². The van der Waals surface area contributed by atoms with Crippen LogP contribution in [0.1, 0.15) is 42.8 Å². The molecule has 0 bridgehead atoms. The first kappa shape index (κ1) is 14.1. The van der Waals surface area contributed by atoms with Crippen molar-refractivity contribution < 1.29 is 9.15 Å². The average molecular weight is 278 g/mol. The third-order valence-electron chi connectivity index (χ3n) is 4.48. The monoisotopic (exact) mass is 278 g/mol. The molecule has 1 aliphatic heterocycles. The summed E-state index contributed by atoms with van der Waals surface area (Å²) in [5.74, 6) is 2.16. The Labute approximate surface area is 121 Å². The first-order valence-corrected chi connectivity index (χ1v) is 7.81. The molecule has 112 valence electrons. The molecule has 0 amide bonds. The van der Waals surface area contributed by atoms with Gasteiger partial charge in [0.15, 0.2) is 0 Å². The summed E-state index contributed by atoms with van der Waals surface area (Å²) in [7, 11) is 1.82. The van der Waals surface area contributed by atoms with E-state index in [4.69, 9.17) is 9.15 Å². The molecule has 4 nitrogen and oxygen atoms in total. The largest absolute Gasteiger partial charge is 0.465 e. The number of nitrogens with one attached hydrogen (secondary N) is 1. The summed E-state index contributed by atoms with van der Waals surface area (Å²) in [6.45, 7) is 6.21. The number of methoxy groups -OCH3 is 1. The zero-order chi connectivity index (χ0) is 13.9. The van der Waals surface area contributed by atoms with Gasteiger partial charge in [0.25, 0.3) is 0 Å². The molecule has 0 atom stereocenters. The van der Waals surface area contributed by atoms with E-state index in [-0.39, 0.29) is 0 Å². The highest BCUT2D eigenvalue weighted by Crippen LogP contribution is 2.22. The molecule has 2 aliphatic rings. The highest BCUT2D eigenvalue weighted by molar-refractivity contribution is 5.21. The SMILES string of the molecule is COC1CCN(Cc2cc(CNC3CC3)oc2C)CC1. The molecule has 1 aromatic heterocycles. The average Bonchev–Trinajstić information content (AvgIpc) is 3.23. The van der Waals surface area contributed by atoms with Crippen LogP contribution in [0.15, 0.2) is 10.5 Å². The first-order chi connectivity index (χ1) is 9.74. The molecule has 1 N–H and O–H groups in total. The van der Waals surface area contributed by atoms with Crippen LogP contribution in [0.25, 0.3) is 0 Å². The molecule has 1 saturated heterocycles. The second kappa shape index (κ2) is 6.29. The molecule has 1 saturated carbocycles. The van der Waals surface area contributed by atoms with Gasteiger partial charge in [-0.25, -0.2) is 0 Å². The van der Waals surface area contributed by atoms with Crippen molar-refractivity contribution in [2.75, 3.05) is 20.2 Å². The van der Waals surface area contributed by atoms with Crippen LogP contribution in [0, 0.1) is 6.92 Å². The van der Waals surface area contributed by atoms with Gasteiger partial charge in [-0.15, -0.1) is 0 Å². The fourth-order valence-electron chi connectivity index (χ4n) is 2.91. The lowest BCUT2D eigenvalue weighted by atomic mass is 10.1. The Morgan fingerprint density at radius 1 is 1.30 bits per heavy atom. The molecule has 4 heteroatoms. The van der Waals surface area contributed by atoms with E-state index >= 15 is 0 Å². The minimum Gasteiger partial charge on any atom is -0.465 e. The topological polar surface area (TPSA) is 37.6 Å². The van der Waals surface area contributed by atoms with Crippen molar-refractivity contribution in [2.45, 2.75) is 57.8 Å². The number of ether oxygens (including phenoxy) is 1. The summed E-state index contributed by atoms with van der Waals surface area (Å²) in [5, 5.41) is 3.51. The van der Waals surface area contributed by atoms with Crippen molar-refractivity contribution in [2.24, 2.45) is 0 Å². The first-order valence-electron chi connectivity index (χ1n) is 7.81. The fraction of sp³-hybridized carbons (Fsp3) is 0.750.